The molecular formula is C24H22N4O4. The molecule has 0 unspecified atom stereocenters. The second-order valence-electron chi connectivity index (χ2n) is 7.86. The molecule has 1 aliphatic carbocycles. The zero-order valence-electron chi connectivity index (χ0n) is 17.7. The van der Waals surface area contributed by atoms with Gasteiger partial charge in [-0.05, 0) is 67.8 Å². The summed E-state index contributed by atoms with van der Waals surface area (Å²) in [5.41, 5.74) is 5.14. The van der Waals surface area contributed by atoms with E-state index in [9.17, 15) is 9.59 Å². The van der Waals surface area contributed by atoms with Gasteiger partial charge in [-0.2, -0.15) is 0 Å². The molecule has 2 heterocycles. The highest BCUT2D eigenvalue weighted by Crippen LogP contribution is 2.32. The molecule has 0 saturated heterocycles. The molecule has 0 bridgehead atoms. The summed E-state index contributed by atoms with van der Waals surface area (Å²) in [6.07, 6.45) is 5.51. The van der Waals surface area contributed by atoms with Gasteiger partial charge in [0, 0.05) is 34.8 Å². The zero-order valence-corrected chi connectivity index (χ0v) is 17.7. The fourth-order valence-electron chi connectivity index (χ4n) is 3.71. The maximum absolute atomic E-state index is 12.4. The fraction of sp³-hybridized carbons (Fsp3) is 0.208. The maximum atomic E-state index is 12.4. The summed E-state index contributed by atoms with van der Waals surface area (Å²) in [6, 6.07) is 13.0. The molecule has 1 saturated carbocycles. The van der Waals surface area contributed by atoms with E-state index in [1.165, 1.54) is 7.11 Å². The third kappa shape index (κ3) is 3.76. The highest BCUT2D eigenvalue weighted by atomic mass is 16.6. The molecule has 5 rings (SSSR count). The van der Waals surface area contributed by atoms with Gasteiger partial charge in [0.15, 0.2) is 0 Å². The van der Waals surface area contributed by atoms with Crippen LogP contribution in [0.1, 0.15) is 28.8 Å². The molecule has 32 heavy (non-hydrogen) atoms. The SMILES string of the molecule is CONC(=O)c1cc2c(Oc3ccc4c(ccn4C(=O)NC4CC4)c3)ccnc2cc1C. The van der Waals surface area contributed by atoms with E-state index in [0.717, 1.165) is 34.8 Å². The van der Waals surface area contributed by atoms with Crippen LogP contribution in [0.2, 0.25) is 0 Å². The predicted octanol–water partition coefficient (Wildman–Crippen LogP) is 4.30. The summed E-state index contributed by atoms with van der Waals surface area (Å²) in [7, 11) is 1.39. The predicted molar refractivity (Wildman–Crippen MR) is 120 cm³/mol. The van der Waals surface area contributed by atoms with E-state index in [4.69, 9.17) is 9.57 Å². The summed E-state index contributed by atoms with van der Waals surface area (Å²) >= 11 is 0. The van der Waals surface area contributed by atoms with Crippen molar-refractivity contribution in [2.24, 2.45) is 0 Å². The number of aromatic nitrogens is 2. The number of nitrogens with zero attached hydrogens (tertiary/aromatic N) is 2. The topological polar surface area (TPSA) is 94.5 Å². The number of aryl methyl sites for hydroxylation is 1. The van der Waals surface area contributed by atoms with Gasteiger partial charge in [0.2, 0.25) is 0 Å². The Morgan fingerprint density at radius 3 is 2.75 bits per heavy atom. The molecule has 0 atom stereocenters. The first-order valence-electron chi connectivity index (χ1n) is 10.4. The number of carbonyl (C=O) groups is 2. The summed E-state index contributed by atoms with van der Waals surface area (Å²) in [5.74, 6) is 0.856. The summed E-state index contributed by atoms with van der Waals surface area (Å²) < 4.78 is 7.78. The second kappa shape index (κ2) is 7.97. The minimum atomic E-state index is -0.339. The monoisotopic (exact) mass is 430 g/mol. The summed E-state index contributed by atoms with van der Waals surface area (Å²) in [4.78, 5) is 33.9. The third-order valence-electron chi connectivity index (χ3n) is 5.50. The molecule has 0 spiro atoms. The third-order valence-corrected chi connectivity index (χ3v) is 5.50. The number of hydroxylamine groups is 1. The van der Waals surface area contributed by atoms with Crippen molar-refractivity contribution in [3.8, 4) is 11.5 Å². The Kier molecular flexibility index (Phi) is 4.99. The number of hydrogen-bond donors (Lipinski definition) is 2. The Morgan fingerprint density at radius 2 is 1.97 bits per heavy atom. The standard InChI is InChI=1S/C24H22N4O4/c1-14-11-20-19(13-18(14)23(29)27-31-2)22(7-9-25-20)32-17-5-6-21-15(12-17)8-10-28(21)24(30)26-16-3-4-16/h5-13,16H,3-4H2,1-2H3,(H,26,30)(H,27,29). The quantitative estimate of drug-likeness (QED) is 0.461. The molecule has 8 nitrogen and oxygen atoms in total. The van der Waals surface area contributed by atoms with Gasteiger partial charge in [-0.1, -0.05) is 0 Å². The minimum Gasteiger partial charge on any atom is -0.457 e. The van der Waals surface area contributed by atoms with Crippen molar-refractivity contribution in [3.63, 3.8) is 0 Å². The lowest BCUT2D eigenvalue weighted by atomic mass is 10.0. The lowest BCUT2D eigenvalue weighted by molar-refractivity contribution is 0.0537. The Hall–Kier alpha value is -3.91. The van der Waals surface area contributed by atoms with Gasteiger partial charge in [0.05, 0.1) is 18.1 Å². The summed E-state index contributed by atoms with van der Waals surface area (Å²) in [6.45, 7) is 1.84. The van der Waals surface area contributed by atoms with E-state index in [1.54, 1.807) is 29.1 Å². The number of hydrogen-bond acceptors (Lipinski definition) is 5. The van der Waals surface area contributed by atoms with Gasteiger partial charge in [-0.15, -0.1) is 0 Å². The lowest BCUT2D eigenvalue weighted by Crippen LogP contribution is -2.29. The van der Waals surface area contributed by atoms with Crippen LogP contribution in [0.4, 0.5) is 4.79 Å². The van der Waals surface area contributed by atoms with E-state index >= 15 is 0 Å². The number of rotatable bonds is 5. The first kappa shape index (κ1) is 20.0. The van der Waals surface area contributed by atoms with E-state index in [-0.39, 0.29) is 11.9 Å². The van der Waals surface area contributed by atoms with Crippen molar-refractivity contribution in [2.75, 3.05) is 7.11 Å². The van der Waals surface area contributed by atoms with Gasteiger partial charge >= 0.3 is 6.03 Å². The Balaban J connectivity index is 1.47. The molecule has 2 aromatic carbocycles. The van der Waals surface area contributed by atoms with Crippen LogP contribution in [0, 0.1) is 6.92 Å². The van der Waals surface area contributed by atoms with Crippen molar-refractivity contribution in [2.45, 2.75) is 25.8 Å². The van der Waals surface area contributed by atoms with E-state index in [2.05, 4.69) is 15.8 Å². The summed E-state index contributed by atoms with van der Waals surface area (Å²) in [5, 5.41) is 4.60. The maximum Gasteiger partial charge on any atom is 0.326 e. The lowest BCUT2D eigenvalue weighted by Gasteiger charge is -2.12. The smallest absolute Gasteiger partial charge is 0.326 e. The first-order valence-corrected chi connectivity index (χ1v) is 10.4. The highest BCUT2D eigenvalue weighted by molar-refractivity contribution is 6.00. The average molecular weight is 430 g/mol. The van der Waals surface area contributed by atoms with Crippen molar-refractivity contribution in [1.29, 1.82) is 0 Å². The number of benzene rings is 2. The van der Waals surface area contributed by atoms with Gasteiger partial charge in [0.1, 0.15) is 11.5 Å². The normalized spacial score (nSPS) is 13.3. The second-order valence-corrected chi connectivity index (χ2v) is 7.86. The molecule has 162 valence electrons. The number of fused-ring (bicyclic) bond motifs is 2. The van der Waals surface area contributed by atoms with E-state index in [1.807, 2.05) is 37.3 Å². The van der Waals surface area contributed by atoms with Crippen molar-refractivity contribution >= 4 is 33.7 Å². The van der Waals surface area contributed by atoms with Crippen LogP contribution in [-0.2, 0) is 4.84 Å². The Morgan fingerprint density at radius 1 is 1.12 bits per heavy atom. The van der Waals surface area contributed by atoms with Gasteiger partial charge in [-0.3, -0.25) is 19.2 Å². The first-order chi connectivity index (χ1) is 15.5. The van der Waals surface area contributed by atoms with Crippen LogP contribution in [0.15, 0.2) is 54.9 Å². The highest BCUT2D eigenvalue weighted by Gasteiger charge is 2.24. The number of ether oxygens (including phenoxy) is 1. The molecule has 1 aliphatic rings. The van der Waals surface area contributed by atoms with Gasteiger partial charge in [-0.25, -0.2) is 10.3 Å². The van der Waals surface area contributed by atoms with Gasteiger partial charge < -0.3 is 10.1 Å². The van der Waals surface area contributed by atoms with Crippen molar-refractivity contribution in [1.82, 2.24) is 20.3 Å². The number of amides is 2. The number of nitrogens with one attached hydrogen (secondary N) is 2. The van der Waals surface area contributed by atoms with Crippen molar-refractivity contribution < 1.29 is 19.2 Å². The molecule has 2 N–H and O–H groups in total. The van der Waals surface area contributed by atoms with Crippen LogP contribution < -0.4 is 15.5 Å². The Bertz CT molecular complexity index is 1360. The zero-order chi connectivity index (χ0) is 22.2. The molecular weight excluding hydrogens is 408 g/mol. The van der Waals surface area contributed by atoms with E-state index < -0.39 is 0 Å². The van der Waals surface area contributed by atoms with Gasteiger partial charge in [0.25, 0.3) is 5.91 Å². The van der Waals surface area contributed by atoms with Crippen LogP contribution >= 0.6 is 0 Å². The van der Waals surface area contributed by atoms with Crippen LogP contribution in [0.25, 0.3) is 21.8 Å². The molecule has 2 aromatic heterocycles. The average Bonchev–Trinajstić information content (AvgIpc) is 3.49. The molecule has 2 amide bonds. The van der Waals surface area contributed by atoms with Crippen LogP contribution in [0.3, 0.4) is 0 Å². The van der Waals surface area contributed by atoms with E-state index in [0.29, 0.717) is 28.5 Å². The van der Waals surface area contributed by atoms with Crippen molar-refractivity contribution in [3.05, 3.63) is 66.0 Å². The Labute approximate surface area is 184 Å². The number of carbonyl (C=O) groups excluding carboxylic acids is 2. The van der Waals surface area contributed by atoms with Crippen LogP contribution in [0.5, 0.6) is 11.5 Å². The molecule has 8 heteroatoms. The molecule has 4 aromatic rings. The molecule has 0 aliphatic heterocycles. The molecule has 0 radical (unpaired) electrons. The fourth-order valence-corrected chi connectivity index (χ4v) is 3.71. The minimum absolute atomic E-state index is 0.117. The number of pyridine rings is 1. The van der Waals surface area contributed by atoms with Crippen LogP contribution in [-0.4, -0.2) is 34.6 Å². The molecule has 1 fully saturated rings. The largest absolute Gasteiger partial charge is 0.457 e.